The summed E-state index contributed by atoms with van der Waals surface area (Å²) >= 11 is 0. The van der Waals surface area contributed by atoms with Gasteiger partial charge in [-0.15, -0.1) is 0 Å². The highest BCUT2D eigenvalue weighted by Gasteiger charge is 2.04. The Morgan fingerprint density at radius 1 is 1.08 bits per heavy atom. The molecule has 0 fully saturated rings. The smallest absolute Gasteiger partial charge is 0.00207 e. The fraction of sp³-hybridized carbons (Fsp3) is 1.00. The van der Waals surface area contributed by atoms with Crippen molar-refractivity contribution in [2.75, 3.05) is 13.1 Å². The Kier molecular flexibility index (Phi) is 7.58. The quantitative estimate of drug-likeness (QED) is 0.580. The van der Waals surface area contributed by atoms with Gasteiger partial charge < -0.3 is 5.32 Å². The third-order valence-corrected chi connectivity index (χ3v) is 2.56. The normalized spacial score (nSPS) is 13.8. The van der Waals surface area contributed by atoms with Crippen molar-refractivity contribution in [3.8, 4) is 0 Å². The molecular weight excluding hydrogens is 146 g/mol. The number of hydrogen-bond acceptors (Lipinski definition) is 1. The molecular formula is C11H25N. The Morgan fingerprint density at radius 2 is 1.75 bits per heavy atom. The van der Waals surface area contributed by atoms with Crippen LogP contribution in [0, 0.1) is 11.8 Å². The number of hydrogen-bond donors (Lipinski definition) is 1. The van der Waals surface area contributed by atoms with E-state index in [-0.39, 0.29) is 0 Å². The van der Waals surface area contributed by atoms with E-state index in [0.717, 1.165) is 11.8 Å². The third kappa shape index (κ3) is 6.66. The predicted molar refractivity (Wildman–Crippen MR) is 56.4 cm³/mol. The van der Waals surface area contributed by atoms with E-state index in [1.54, 1.807) is 0 Å². The summed E-state index contributed by atoms with van der Waals surface area (Å²) in [5.74, 6) is 1.62. The van der Waals surface area contributed by atoms with E-state index < -0.39 is 0 Å². The maximum Gasteiger partial charge on any atom is -0.00207 e. The van der Waals surface area contributed by atoms with E-state index in [4.69, 9.17) is 0 Å². The Hall–Kier alpha value is -0.0400. The number of unbranched alkanes of at least 4 members (excludes halogenated alkanes) is 2. The first kappa shape index (κ1) is 12.0. The topological polar surface area (TPSA) is 12.0 Å². The molecule has 0 aliphatic carbocycles. The van der Waals surface area contributed by atoms with Gasteiger partial charge in [0.1, 0.15) is 0 Å². The van der Waals surface area contributed by atoms with Gasteiger partial charge in [0.25, 0.3) is 0 Å². The maximum absolute atomic E-state index is 3.50. The van der Waals surface area contributed by atoms with Crippen LogP contribution >= 0.6 is 0 Å². The molecule has 0 radical (unpaired) electrons. The third-order valence-electron chi connectivity index (χ3n) is 2.56. The highest BCUT2D eigenvalue weighted by atomic mass is 14.8. The van der Waals surface area contributed by atoms with Gasteiger partial charge in [-0.25, -0.2) is 0 Å². The average molecular weight is 171 g/mol. The molecule has 0 rings (SSSR count). The van der Waals surface area contributed by atoms with Crippen molar-refractivity contribution in [1.82, 2.24) is 5.32 Å². The maximum atomic E-state index is 3.50. The second-order valence-electron chi connectivity index (χ2n) is 4.13. The van der Waals surface area contributed by atoms with E-state index in [1.807, 2.05) is 0 Å². The van der Waals surface area contributed by atoms with Crippen LogP contribution in [0.2, 0.25) is 0 Å². The van der Waals surface area contributed by atoms with Crippen LogP contribution in [0.25, 0.3) is 0 Å². The molecule has 0 amide bonds. The minimum absolute atomic E-state index is 0.809. The van der Waals surface area contributed by atoms with Crippen molar-refractivity contribution in [3.63, 3.8) is 0 Å². The molecule has 0 aromatic rings. The van der Waals surface area contributed by atoms with Crippen molar-refractivity contribution in [2.24, 2.45) is 11.8 Å². The Balaban J connectivity index is 3.08. The van der Waals surface area contributed by atoms with Crippen molar-refractivity contribution in [3.05, 3.63) is 0 Å². The summed E-state index contributed by atoms with van der Waals surface area (Å²) < 4.78 is 0. The van der Waals surface area contributed by atoms with Crippen LogP contribution in [-0.4, -0.2) is 13.1 Å². The van der Waals surface area contributed by atoms with E-state index >= 15 is 0 Å². The fourth-order valence-corrected chi connectivity index (χ4v) is 1.07. The second kappa shape index (κ2) is 7.60. The largest absolute Gasteiger partial charge is 0.316 e. The number of rotatable bonds is 7. The molecule has 1 N–H and O–H groups in total. The van der Waals surface area contributed by atoms with Gasteiger partial charge >= 0.3 is 0 Å². The van der Waals surface area contributed by atoms with Gasteiger partial charge in [-0.1, -0.05) is 40.5 Å². The zero-order chi connectivity index (χ0) is 9.40. The van der Waals surface area contributed by atoms with Gasteiger partial charge in [0.15, 0.2) is 0 Å². The molecule has 1 unspecified atom stereocenters. The average Bonchev–Trinajstić information content (AvgIpc) is 2.03. The molecule has 0 aromatic carbocycles. The van der Waals surface area contributed by atoms with Crippen LogP contribution < -0.4 is 5.32 Å². The summed E-state index contributed by atoms with van der Waals surface area (Å²) in [4.78, 5) is 0. The molecule has 0 spiro atoms. The molecule has 1 heteroatoms. The fourth-order valence-electron chi connectivity index (χ4n) is 1.07. The Labute approximate surface area is 77.9 Å². The van der Waals surface area contributed by atoms with Gasteiger partial charge in [-0.3, -0.25) is 0 Å². The van der Waals surface area contributed by atoms with Crippen molar-refractivity contribution in [1.29, 1.82) is 0 Å². The van der Waals surface area contributed by atoms with E-state index in [0.29, 0.717) is 0 Å². The first-order valence-electron chi connectivity index (χ1n) is 5.39. The first-order valence-corrected chi connectivity index (χ1v) is 5.39. The van der Waals surface area contributed by atoms with Crippen LogP contribution in [0.15, 0.2) is 0 Å². The molecule has 74 valence electrons. The molecule has 1 atom stereocenters. The molecule has 1 nitrogen and oxygen atoms in total. The van der Waals surface area contributed by atoms with Crippen molar-refractivity contribution >= 4 is 0 Å². The monoisotopic (exact) mass is 171 g/mol. The summed E-state index contributed by atoms with van der Waals surface area (Å²) in [6, 6.07) is 0. The van der Waals surface area contributed by atoms with Gasteiger partial charge in [-0.2, -0.15) is 0 Å². The minimum atomic E-state index is 0.809. The van der Waals surface area contributed by atoms with Gasteiger partial charge in [0.05, 0.1) is 0 Å². The zero-order valence-electron chi connectivity index (χ0n) is 9.19. The summed E-state index contributed by atoms with van der Waals surface area (Å²) in [5, 5.41) is 3.50. The van der Waals surface area contributed by atoms with Gasteiger partial charge in [-0.05, 0) is 31.3 Å². The predicted octanol–water partition coefficient (Wildman–Crippen LogP) is 3.06. The van der Waals surface area contributed by atoms with Crippen LogP contribution in [0.5, 0.6) is 0 Å². The standard InChI is InChI=1S/C11H25N/c1-5-6-7-8-12-9-11(4)10(2)3/h10-12H,5-9H2,1-4H3. The van der Waals surface area contributed by atoms with E-state index in [1.165, 1.54) is 32.4 Å². The molecule has 12 heavy (non-hydrogen) atoms. The zero-order valence-corrected chi connectivity index (χ0v) is 9.19. The summed E-state index contributed by atoms with van der Waals surface area (Å²) in [5.41, 5.74) is 0. The van der Waals surface area contributed by atoms with Crippen LogP contribution in [0.1, 0.15) is 47.0 Å². The summed E-state index contributed by atoms with van der Waals surface area (Å²) in [6.07, 6.45) is 4.02. The highest BCUT2D eigenvalue weighted by Crippen LogP contribution is 2.07. The minimum Gasteiger partial charge on any atom is -0.316 e. The summed E-state index contributed by atoms with van der Waals surface area (Å²) in [6.45, 7) is 11.5. The van der Waals surface area contributed by atoms with E-state index in [2.05, 4.69) is 33.0 Å². The van der Waals surface area contributed by atoms with E-state index in [9.17, 15) is 0 Å². The van der Waals surface area contributed by atoms with Gasteiger partial charge in [0.2, 0.25) is 0 Å². The molecule has 0 heterocycles. The lowest BCUT2D eigenvalue weighted by molar-refractivity contribution is 0.391. The molecule has 0 saturated carbocycles. The molecule has 0 saturated heterocycles. The van der Waals surface area contributed by atoms with Crippen LogP contribution in [0.4, 0.5) is 0 Å². The first-order chi connectivity index (χ1) is 5.68. The van der Waals surface area contributed by atoms with Crippen LogP contribution in [-0.2, 0) is 0 Å². The lowest BCUT2D eigenvalue weighted by atomic mass is 9.98. The lowest BCUT2D eigenvalue weighted by Crippen LogP contribution is -2.24. The molecule has 0 aromatic heterocycles. The Bertz CT molecular complexity index is 89.0. The Morgan fingerprint density at radius 3 is 2.25 bits per heavy atom. The molecule has 0 aliphatic heterocycles. The van der Waals surface area contributed by atoms with Crippen molar-refractivity contribution in [2.45, 2.75) is 47.0 Å². The van der Waals surface area contributed by atoms with Crippen LogP contribution in [0.3, 0.4) is 0 Å². The molecule has 0 aliphatic rings. The second-order valence-corrected chi connectivity index (χ2v) is 4.13. The number of nitrogens with one attached hydrogen (secondary N) is 1. The van der Waals surface area contributed by atoms with Crippen molar-refractivity contribution < 1.29 is 0 Å². The lowest BCUT2D eigenvalue weighted by Gasteiger charge is -2.15. The molecule has 0 bridgehead atoms. The summed E-state index contributed by atoms with van der Waals surface area (Å²) in [7, 11) is 0. The SMILES string of the molecule is CCCCCNCC(C)C(C)C. The highest BCUT2D eigenvalue weighted by molar-refractivity contribution is 4.60. The van der Waals surface area contributed by atoms with Gasteiger partial charge in [0, 0.05) is 0 Å².